The Morgan fingerprint density at radius 2 is 2.00 bits per heavy atom. The molecule has 0 aliphatic carbocycles. The van der Waals surface area contributed by atoms with E-state index in [2.05, 4.69) is 41.7 Å². The molecule has 0 aliphatic heterocycles. The highest BCUT2D eigenvalue weighted by molar-refractivity contribution is 9.10. The molecule has 0 unspecified atom stereocenters. The molecule has 0 aliphatic rings. The van der Waals surface area contributed by atoms with Gasteiger partial charge in [0.2, 0.25) is 0 Å². The molecule has 17 heavy (non-hydrogen) atoms. The summed E-state index contributed by atoms with van der Waals surface area (Å²) in [5.74, 6) is 1.23. The number of rotatable bonds is 4. The smallest absolute Gasteiger partial charge is 0.257 e. The van der Waals surface area contributed by atoms with Gasteiger partial charge in [-0.1, -0.05) is 20.8 Å². The van der Waals surface area contributed by atoms with Crippen LogP contribution in [0.25, 0.3) is 0 Å². The molecule has 1 aromatic heterocycles. The number of halogens is 1. The molecule has 0 atom stereocenters. The SMILES string of the molecule is CC(C)Oc1cc(Br)cnc1OCC(C)(C)C. The van der Waals surface area contributed by atoms with E-state index >= 15 is 0 Å². The van der Waals surface area contributed by atoms with E-state index in [0.29, 0.717) is 18.2 Å². The van der Waals surface area contributed by atoms with Crippen molar-refractivity contribution in [2.45, 2.75) is 40.7 Å². The fourth-order valence-corrected chi connectivity index (χ4v) is 1.45. The van der Waals surface area contributed by atoms with E-state index in [1.165, 1.54) is 0 Å². The van der Waals surface area contributed by atoms with E-state index in [9.17, 15) is 0 Å². The van der Waals surface area contributed by atoms with Crippen molar-refractivity contribution in [2.24, 2.45) is 5.41 Å². The van der Waals surface area contributed by atoms with Crippen LogP contribution in [-0.2, 0) is 0 Å². The van der Waals surface area contributed by atoms with Crippen molar-refractivity contribution < 1.29 is 9.47 Å². The van der Waals surface area contributed by atoms with E-state index in [0.717, 1.165) is 4.47 Å². The van der Waals surface area contributed by atoms with Gasteiger partial charge in [0, 0.05) is 16.7 Å². The van der Waals surface area contributed by atoms with E-state index in [1.807, 2.05) is 19.9 Å². The highest BCUT2D eigenvalue weighted by atomic mass is 79.9. The summed E-state index contributed by atoms with van der Waals surface area (Å²) in [6.07, 6.45) is 1.81. The predicted octanol–water partition coefficient (Wildman–Crippen LogP) is 4.06. The summed E-state index contributed by atoms with van der Waals surface area (Å²) in [6.45, 7) is 10.9. The first kappa shape index (κ1) is 14.3. The van der Waals surface area contributed by atoms with Crippen LogP contribution in [0, 0.1) is 5.41 Å². The van der Waals surface area contributed by atoms with Gasteiger partial charge in [0.05, 0.1) is 12.7 Å². The third-order valence-corrected chi connectivity index (χ3v) is 2.22. The molecule has 0 radical (unpaired) electrons. The van der Waals surface area contributed by atoms with Crippen LogP contribution >= 0.6 is 15.9 Å². The molecule has 1 aromatic rings. The van der Waals surface area contributed by atoms with Gasteiger partial charge in [-0.15, -0.1) is 0 Å². The molecule has 0 fully saturated rings. The van der Waals surface area contributed by atoms with Crippen molar-refractivity contribution in [3.05, 3.63) is 16.7 Å². The average Bonchev–Trinajstić information content (AvgIpc) is 2.14. The third kappa shape index (κ3) is 5.39. The third-order valence-electron chi connectivity index (χ3n) is 1.79. The summed E-state index contributed by atoms with van der Waals surface area (Å²) >= 11 is 3.38. The zero-order valence-electron chi connectivity index (χ0n) is 11.1. The Hall–Kier alpha value is -0.770. The standard InChI is InChI=1S/C13H20BrNO2/c1-9(2)17-11-6-10(14)7-15-12(11)16-8-13(3,4)5/h6-7,9H,8H2,1-5H3. The predicted molar refractivity (Wildman–Crippen MR) is 72.7 cm³/mol. The first-order valence-corrected chi connectivity index (χ1v) is 6.52. The minimum absolute atomic E-state index is 0.100. The van der Waals surface area contributed by atoms with Gasteiger partial charge in [0.1, 0.15) is 0 Å². The Morgan fingerprint density at radius 1 is 1.35 bits per heavy atom. The van der Waals surface area contributed by atoms with Crippen molar-refractivity contribution in [2.75, 3.05) is 6.61 Å². The molecule has 0 N–H and O–H groups in total. The van der Waals surface area contributed by atoms with E-state index in [-0.39, 0.29) is 11.5 Å². The number of hydrogen-bond donors (Lipinski definition) is 0. The summed E-state index contributed by atoms with van der Waals surface area (Å²) in [5, 5.41) is 0. The van der Waals surface area contributed by atoms with Gasteiger partial charge in [-0.05, 0) is 35.2 Å². The highest BCUT2D eigenvalue weighted by Crippen LogP contribution is 2.29. The molecular weight excluding hydrogens is 282 g/mol. The molecular formula is C13H20BrNO2. The lowest BCUT2D eigenvalue weighted by Crippen LogP contribution is -2.18. The maximum Gasteiger partial charge on any atom is 0.257 e. The fourth-order valence-electron chi connectivity index (χ4n) is 1.14. The number of aromatic nitrogens is 1. The Labute approximate surface area is 112 Å². The molecule has 4 heteroatoms. The quantitative estimate of drug-likeness (QED) is 0.840. The molecule has 0 bridgehead atoms. The normalized spacial score (nSPS) is 11.7. The summed E-state index contributed by atoms with van der Waals surface area (Å²) in [7, 11) is 0. The van der Waals surface area contributed by atoms with Crippen LogP contribution in [-0.4, -0.2) is 17.7 Å². The summed E-state index contributed by atoms with van der Waals surface area (Å²) < 4.78 is 12.3. The van der Waals surface area contributed by atoms with Crippen LogP contribution in [0.2, 0.25) is 0 Å². The zero-order chi connectivity index (χ0) is 13.1. The number of nitrogens with zero attached hydrogens (tertiary/aromatic N) is 1. The minimum atomic E-state index is 0.100. The van der Waals surface area contributed by atoms with Gasteiger partial charge in [0.25, 0.3) is 5.88 Å². The molecule has 0 aromatic carbocycles. The topological polar surface area (TPSA) is 31.4 Å². The van der Waals surface area contributed by atoms with E-state index in [1.54, 1.807) is 6.20 Å². The maximum absolute atomic E-state index is 5.70. The summed E-state index contributed by atoms with van der Waals surface area (Å²) in [4.78, 5) is 4.24. The van der Waals surface area contributed by atoms with Crippen molar-refractivity contribution in [1.82, 2.24) is 4.98 Å². The van der Waals surface area contributed by atoms with Crippen molar-refractivity contribution in [1.29, 1.82) is 0 Å². The van der Waals surface area contributed by atoms with Crippen LogP contribution in [0.4, 0.5) is 0 Å². The van der Waals surface area contributed by atoms with Crippen LogP contribution in [0.15, 0.2) is 16.7 Å². The van der Waals surface area contributed by atoms with Gasteiger partial charge in [0.15, 0.2) is 5.75 Å². The Kier molecular flexibility index (Phi) is 4.80. The second-order valence-electron chi connectivity index (χ2n) is 5.47. The monoisotopic (exact) mass is 301 g/mol. The van der Waals surface area contributed by atoms with Gasteiger partial charge in [-0.25, -0.2) is 4.98 Å². The van der Waals surface area contributed by atoms with Crippen LogP contribution in [0.1, 0.15) is 34.6 Å². The molecule has 96 valence electrons. The highest BCUT2D eigenvalue weighted by Gasteiger charge is 2.15. The van der Waals surface area contributed by atoms with Gasteiger partial charge in [-0.2, -0.15) is 0 Å². The van der Waals surface area contributed by atoms with Crippen LogP contribution in [0.5, 0.6) is 11.6 Å². The first-order chi connectivity index (χ1) is 7.78. The average molecular weight is 302 g/mol. The van der Waals surface area contributed by atoms with Crippen molar-refractivity contribution in [3.63, 3.8) is 0 Å². The summed E-state index contributed by atoms with van der Waals surface area (Å²) in [5.41, 5.74) is 0.101. The Balaban J connectivity index is 2.82. The molecule has 0 saturated heterocycles. The maximum atomic E-state index is 5.70. The molecule has 1 rings (SSSR count). The number of hydrogen-bond acceptors (Lipinski definition) is 3. The lowest BCUT2D eigenvalue weighted by molar-refractivity contribution is 0.171. The van der Waals surface area contributed by atoms with Crippen molar-refractivity contribution >= 4 is 15.9 Å². The number of ether oxygens (including phenoxy) is 2. The van der Waals surface area contributed by atoms with Crippen molar-refractivity contribution in [3.8, 4) is 11.6 Å². The van der Waals surface area contributed by atoms with Gasteiger partial charge < -0.3 is 9.47 Å². The largest absolute Gasteiger partial charge is 0.485 e. The van der Waals surface area contributed by atoms with Gasteiger partial charge in [-0.3, -0.25) is 0 Å². The van der Waals surface area contributed by atoms with Crippen LogP contribution in [0.3, 0.4) is 0 Å². The molecule has 3 nitrogen and oxygen atoms in total. The van der Waals surface area contributed by atoms with E-state index in [4.69, 9.17) is 9.47 Å². The second-order valence-corrected chi connectivity index (χ2v) is 6.39. The van der Waals surface area contributed by atoms with E-state index < -0.39 is 0 Å². The second kappa shape index (κ2) is 5.71. The lowest BCUT2D eigenvalue weighted by atomic mass is 9.99. The van der Waals surface area contributed by atoms with Gasteiger partial charge >= 0.3 is 0 Å². The number of pyridine rings is 1. The molecule has 0 saturated carbocycles. The molecule has 1 heterocycles. The van der Waals surface area contributed by atoms with Crippen LogP contribution < -0.4 is 9.47 Å². The molecule has 0 amide bonds. The Bertz CT molecular complexity index is 372. The molecule has 0 spiro atoms. The first-order valence-electron chi connectivity index (χ1n) is 5.73. The minimum Gasteiger partial charge on any atom is -0.485 e. The zero-order valence-corrected chi connectivity index (χ0v) is 12.7. The Morgan fingerprint density at radius 3 is 2.53 bits per heavy atom. The lowest BCUT2D eigenvalue weighted by Gasteiger charge is -2.20. The fraction of sp³-hybridized carbons (Fsp3) is 0.615. The summed E-state index contributed by atoms with van der Waals surface area (Å²) in [6, 6.07) is 1.88.